The van der Waals surface area contributed by atoms with E-state index in [9.17, 15) is 9.18 Å². The number of ketones is 1. The number of carbonyl (C=O) groups excluding carboxylic acids is 1. The van der Waals surface area contributed by atoms with Crippen LogP contribution in [0.25, 0.3) is 5.57 Å². The molecular weight excluding hydrogens is 357 g/mol. The number of ether oxygens (including phenoxy) is 2. The van der Waals surface area contributed by atoms with Crippen LogP contribution in [0.1, 0.15) is 18.4 Å². The molecule has 2 aliphatic heterocycles. The van der Waals surface area contributed by atoms with E-state index < -0.39 is 0 Å². The van der Waals surface area contributed by atoms with Crippen LogP contribution in [0.5, 0.6) is 0 Å². The Morgan fingerprint density at radius 1 is 1.00 bits per heavy atom. The molecule has 4 unspecified atom stereocenters. The minimum atomic E-state index is -0.260. The molecule has 28 heavy (non-hydrogen) atoms. The number of halogens is 1. The number of carbonyl (C=O) groups is 1. The van der Waals surface area contributed by atoms with E-state index in [1.165, 1.54) is 6.07 Å². The van der Waals surface area contributed by atoms with E-state index in [4.69, 9.17) is 9.47 Å². The van der Waals surface area contributed by atoms with Gasteiger partial charge in [-0.3, -0.25) is 4.79 Å². The van der Waals surface area contributed by atoms with E-state index in [1.54, 1.807) is 18.4 Å². The molecular formula is C23H22FNO3. The largest absolute Gasteiger partial charge is 0.496 e. The van der Waals surface area contributed by atoms with Gasteiger partial charge in [-0.1, -0.05) is 42.5 Å². The van der Waals surface area contributed by atoms with Gasteiger partial charge in [-0.2, -0.15) is 0 Å². The predicted octanol–water partition coefficient (Wildman–Crippen LogP) is 4.02. The molecule has 2 heterocycles. The molecule has 1 saturated heterocycles. The summed E-state index contributed by atoms with van der Waals surface area (Å²) < 4.78 is 26.4. The van der Waals surface area contributed by atoms with Gasteiger partial charge < -0.3 is 14.4 Å². The van der Waals surface area contributed by atoms with Gasteiger partial charge in [0.25, 0.3) is 0 Å². The number of benzene rings is 2. The summed E-state index contributed by atoms with van der Waals surface area (Å²) in [4.78, 5) is 15.1. The molecule has 0 N–H and O–H groups in total. The van der Waals surface area contributed by atoms with Crippen LogP contribution in [-0.2, 0) is 14.3 Å². The molecule has 4 atom stereocenters. The molecule has 1 aliphatic carbocycles. The summed E-state index contributed by atoms with van der Waals surface area (Å²) in [6.07, 6.45) is 3.02. The second kappa shape index (κ2) is 7.06. The van der Waals surface area contributed by atoms with Crippen LogP contribution >= 0.6 is 0 Å². The number of fused-ring (bicyclic) bond motifs is 3. The van der Waals surface area contributed by atoms with Crippen LogP contribution in [-0.4, -0.2) is 31.3 Å². The van der Waals surface area contributed by atoms with E-state index in [1.807, 2.05) is 41.3 Å². The molecule has 2 aromatic rings. The van der Waals surface area contributed by atoms with Gasteiger partial charge in [0.1, 0.15) is 18.7 Å². The second-order valence-corrected chi connectivity index (χ2v) is 7.72. The number of rotatable bonds is 2. The first-order valence-electron chi connectivity index (χ1n) is 9.79. The number of hydrogen-bond acceptors (Lipinski definition) is 4. The molecule has 0 radical (unpaired) electrons. The smallest absolute Gasteiger partial charge is 0.173 e. The van der Waals surface area contributed by atoms with Gasteiger partial charge in [-0.25, -0.2) is 4.39 Å². The monoisotopic (exact) mass is 379 g/mol. The van der Waals surface area contributed by atoms with Gasteiger partial charge in [0.2, 0.25) is 0 Å². The Bertz CT molecular complexity index is 913. The van der Waals surface area contributed by atoms with Gasteiger partial charge in [-0.15, -0.1) is 0 Å². The summed E-state index contributed by atoms with van der Waals surface area (Å²) in [7, 11) is 0. The molecule has 0 bridgehead atoms. The quantitative estimate of drug-likeness (QED) is 0.790. The first-order valence-corrected chi connectivity index (χ1v) is 9.79. The Balaban J connectivity index is 1.41. The van der Waals surface area contributed by atoms with Crippen LogP contribution in [0, 0.1) is 17.7 Å². The van der Waals surface area contributed by atoms with E-state index >= 15 is 0 Å². The summed E-state index contributed by atoms with van der Waals surface area (Å²) >= 11 is 0. The zero-order valence-corrected chi connectivity index (χ0v) is 15.5. The Morgan fingerprint density at radius 2 is 1.79 bits per heavy atom. The molecule has 0 amide bonds. The van der Waals surface area contributed by atoms with E-state index in [-0.39, 0.29) is 35.6 Å². The maximum atomic E-state index is 14.2. The van der Waals surface area contributed by atoms with E-state index in [0.29, 0.717) is 24.5 Å². The number of para-hydroxylation sites is 1. The molecule has 5 rings (SSSR count). The van der Waals surface area contributed by atoms with E-state index in [0.717, 1.165) is 18.4 Å². The van der Waals surface area contributed by atoms with Gasteiger partial charge >= 0.3 is 0 Å². The van der Waals surface area contributed by atoms with Crippen molar-refractivity contribution in [2.75, 3.05) is 18.2 Å². The van der Waals surface area contributed by atoms with Crippen LogP contribution in [0.4, 0.5) is 10.1 Å². The summed E-state index contributed by atoms with van der Waals surface area (Å²) in [5.74, 6) is -0.261. The summed E-state index contributed by atoms with van der Waals surface area (Å²) in [5, 5.41) is 0. The molecule has 3 aliphatic rings. The molecule has 2 fully saturated rings. The summed E-state index contributed by atoms with van der Waals surface area (Å²) in [5.41, 5.74) is 2.06. The van der Waals surface area contributed by atoms with Crippen LogP contribution in [0.2, 0.25) is 0 Å². The fraction of sp³-hybridized carbons (Fsp3) is 0.348. The van der Waals surface area contributed by atoms with Crippen molar-refractivity contribution in [1.29, 1.82) is 0 Å². The highest BCUT2D eigenvalue weighted by Gasteiger charge is 2.49. The number of nitrogens with zero attached hydrogens (tertiary/aromatic N) is 1. The van der Waals surface area contributed by atoms with Crippen molar-refractivity contribution in [3.05, 3.63) is 72.2 Å². The third kappa shape index (κ3) is 2.90. The molecule has 0 aromatic heterocycles. The van der Waals surface area contributed by atoms with Crippen molar-refractivity contribution < 1.29 is 18.7 Å². The van der Waals surface area contributed by atoms with Crippen molar-refractivity contribution in [3.63, 3.8) is 0 Å². The second-order valence-electron chi connectivity index (χ2n) is 7.72. The number of Topliss-reactive ketones (excluding diaryl/α,β-unsaturated/α-hetero) is 1. The fourth-order valence-corrected chi connectivity index (χ4v) is 4.74. The minimum Gasteiger partial charge on any atom is -0.496 e. The minimum absolute atomic E-state index is 0.0321. The molecule has 144 valence electrons. The lowest BCUT2D eigenvalue weighted by Gasteiger charge is -2.48. The Kier molecular flexibility index (Phi) is 4.40. The van der Waals surface area contributed by atoms with Crippen molar-refractivity contribution in [2.45, 2.75) is 25.0 Å². The van der Waals surface area contributed by atoms with Crippen molar-refractivity contribution in [2.24, 2.45) is 11.8 Å². The van der Waals surface area contributed by atoms with Crippen molar-refractivity contribution in [3.8, 4) is 0 Å². The zero-order valence-electron chi connectivity index (χ0n) is 15.5. The van der Waals surface area contributed by atoms with Gasteiger partial charge in [-0.05, 0) is 30.5 Å². The predicted molar refractivity (Wildman–Crippen MR) is 104 cm³/mol. The molecule has 1 saturated carbocycles. The molecule has 4 nitrogen and oxygen atoms in total. The third-order valence-corrected chi connectivity index (χ3v) is 6.16. The Hall–Kier alpha value is -2.66. The Labute approximate surface area is 163 Å². The average molecular weight is 379 g/mol. The van der Waals surface area contributed by atoms with Crippen LogP contribution in [0.15, 0.2) is 60.9 Å². The fourth-order valence-electron chi connectivity index (χ4n) is 4.74. The lowest BCUT2D eigenvalue weighted by molar-refractivity contribution is -0.140. The number of hydrogen-bond donors (Lipinski definition) is 0. The van der Waals surface area contributed by atoms with E-state index in [2.05, 4.69) is 0 Å². The highest BCUT2D eigenvalue weighted by atomic mass is 19.1. The third-order valence-electron chi connectivity index (χ3n) is 6.16. The van der Waals surface area contributed by atoms with Gasteiger partial charge in [0.15, 0.2) is 5.78 Å². The molecule has 5 heteroatoms. The highest BCUT2D eigenvalue weighted by molar-refractivity contribution is 6.22. The first kappa shape index (κ1) is 17.4. The Morgan fingerprint density at radius 3 is 2.61 bits per heavy atom. The zero-order chi connectivity index (χ0) is 19.1. The lowest BCUT2D eigenvalue weighted by atomic mass is 9.71. The summed E-state index contributed by atoms with van der Waals surface area (Å²) in [6.45, 7) is 0.979. The van der Waals surface area contributed by atoms with Gasteiger partial charge in [0, 0.05) is 12.5 Å². The molecule has 2 aromatic carbocycles. The van der Waals surface area contributed by atoms with Crippen LogP contribution in [0.3, 0.4) is 0 Å². The molecule has 0 spiro atoms. The lowest BCUT2D eigenvalue weighted by Crippen LogP contribution is -2.56. The maximum absolute atomic E-state index is 14.2. The van der Waals surface area contributed by atoms with Gasteiger partial charge in [0.05, 0.1) is 29.5 Å². The SMILES string of the molecule is O=C1C(c2ccccc2)=COC2C1CCC1OCN(c3ccccc3F)CC12. The average Bonchev–Trinajstić information content (AvgIpc) is 2.74. The number of allylic oxidation sites excluding steroid dienone is 1. The van der Waals surface area contributed by atoms with Crippen LogP contribution < -0.4 is 4.90 Å². The topological polar surface area (TPSA) is 38.8 Å². The van der Waals surface area contributed by atoms with Crippen molar-refractivity contribution >= 4 is 17.0 Å². The first-order chi connectivity index (χ1) is 13.7. The standard InChI is InChI=1S/C23H22FNO3/c24-19-8-4-5-9-20(19)25-12-17-21(28-14-25)11-10-16-22(26)18(13-27-23(16)17)15-6-2-1-3-7-15/h1-9,13,16-17,21,23H,10-12,14H2. The van der Waals surface area contributed by atoms with Crippen molar-refractivity contribution in [1.82, 2.24) is 0 Å². The normalized spacial score (nSPS) is 29.4. The highest BCUT2D eigenvalue weighted by Crippen LogP contribution is 2.42. The summed E-state index contributed by atoms with van der Waals surface area (Å²) in [6, 6.07) is 16.4. The number of anilines is 1. The maximum Gasteiger partial charge on any atom is 0.173 e.